The predicted octanol–water partition coefficient (Wildman–Crippen LogP) is 3.31. The molecule has 0 saturated heterocycles. The van der Waals surface area contributed by atoms with E-state index in [1.54, 1.807) is 19.9 Å². The van der Waals surface area contributed by atoms with Gasteiger partial charge in [-0.05, 0) is 49.4 Å². The van der Waals surface area contributed by atoms with E-state index in [0.717, 1.165) is 10.5 Å². The molecule has 0 saturated carbocycles. The van der Waals surface area contributed by atoms with E-state index in [4.69, 9.17) is 9.47 Å². The number of ether oxygens (including phenoxy) is 2. The van der Waals surface area contributed by atoms with Gasteiger partial charge in [-0.1, -0.05) is 39.0 Å². The van der Waals surface area contributed by atoms with Crippen LogP contribution in [0.3, 0.4) is 0 Å². The molecule has 0 aliphatic heterocycles. The summed E-state index contributed by atoms with van der Waals surface area (Å²) >= 11 is 0. The van der Waals surface area contributed by atoms with Gasteiger partial charge < -0.3 is 19.5 Å². The molecule has 37 heavy (non-hydrogen) atoms. The molecule has 3 aromatic rings. The minimum atomic E-state index is -0.598. The van der Waals surface area contributed by atoms with Gasteiger partial charge in [0.15, 0.2) is 0 Å². The summed E-state index contributed by atoms with van der Waals surface area (Å²) < 4.78 is 9.91. The molecular weight excluding hydrogens is 476 g/mol. The Bertz CT molecular complexity index is 1220. The fourth-order valence-corrected chi connectivity index (χ4v) is 3.88. The summed E-state index contributed by atoms with van der Waals surface area (Å²) in [7, 11) is 0. The molecule has 1 aromatic heterocycles. The zero-order valence-corrected chi connectivity index (χ0v) is 22.0. The van der Waals surface area contributed by atoms with Crippen LogP contribution in [0.1, 0.15) is 52.2 Å². The van der Waals surface area contributed by atoms with E-state index in [-0.39, 0.29) is 38.5 Å². The number of rotatable bonds is 10. The van der Waals surface area contributed by atoms with Crippen LogP contribution in [0.4, 0.5) is 0 Å². The number of amides is 1. The van der Waals surface area contributed by atoms with Crippen LogP contribution in [-0.2, 0) is 35.7 Å². The van der Waals surface area contributed by atoms with Gasteiger partial charge in [0.25, 0.3) is 0 Å². The van der Waals surface area contributed by atoms with Gasteiger partial charge in [0.05, 0.1) is 13.2 Å². The monoisotopic (exact) mass is 510 g/mol. The molecule has 0 bridgehead atoms. The molecule has 198 valence electrons. The van der Waals surface area contributed by atoms with Gasteiger partial charge >= 0.3 is 11.9 Å². The van der Waals surface area contributed by atoms with Crippen molar-refractivity contribution < 1.29 is 29.0 Å². The van der Waals surface area contributed by atoms with Crippen molar-refractivity contribution in [1.29, 1.82) is 0 Å². The number of carbonyl (C=O) groups excluding carboxylic acids is 3. The van der Waals surface area contributed by atoms with E-state index >= 15 is 0 Å². The van der Waals surface area contributed by atoms with Crippen LogP contribution >= 0.6 is 0 Å². The Morgan fingerprint density at radius 2 is 1.49 bits per heavy atom. The number of fused-ring (bicyclic) bond motifs is 1. The standard InChI is InChI=1S/C27H34N4O6/c1-6-36-24(33)16-30(17-25(34)37-7-2)23(32)13-12-18-14-19(27(3,4)5)26(35)22(15-18)31-28-20-10-8-9-11-21(20)29-31/h8-11,14-15,35H,6-7,12-13,16-17H2,1-5H3. The van der Waals surface area contributed by atoms with E-state index in [0.29, 0.717) is 28.7 Å². The first-order chi connectivity index (χ1) is 17.5. The molecule has 10 nitrogen and oxygen atoms in total. The zero-order valence-electron chi connectivity index (χ0n) is 22.0. The van der Waals surface area contributed by atoms with E-state index in [1.165, 1.54) is 4.80 Å². The average Bonchev–Trinajstić information content (AvgIpc) is 3.26. The fraction of sp³-hybridized carbons (Fsp3) is 0.444. The first kappa shape index (κ1) is 27.6. The lowest BCUT2D eigenvalue weighted by Crippen LogP contribution is -2.40. The molecule has 0 aliphatic rings. The topological polar surface area (TPSA) is 124 Å². The summed E-state index contributed by atoms with van der Waals surface area (Å²) in [6, 6.07) is 11.0. The highest BCUT2D eigenvalue weighted by Gasteiger charge is 2.25. The van der Waals surface area contributed by atoms with Crippen molar-refractivity contribution in [3.63, 3.8) is 0 Å². The highest BCUT2D eigenvalue weighted by Crippen LogP contribution is 2.36. The van der Waals surface area contributed by atoms with Crippen molar-refractivity contribution >= 4 is 28.9 Å². The third kappa shape index (κ3) is 7.05. The third-order valence-electron chi connectivity index (χ3n) is 5.69. The summed E-state index contributed by atoms with van der Waals surface area (Å²) in [6.07, 6.45) is 0.333. The van der Waals surface area contributed by atoms with Gasteiger partial charge in [-0.25, -0.2) is 0 Å². The van der Waals surface area contributed by atoms with E-state index < -0.39 is 23.3 Å². The van der Waals surface area contributed by atoms with Crippen LogP contribution in [0.2, 0.25) is 0 Å². The molecule has 0 fully saturated rings. The Hall–Kier alpha value is -3.95. The number of nitrogens with zero attached hydrogens (tertiary/aromatic N) is 4. The summed E-state index contributed by atoms with van der Waals surface area (Å²) in [6.45, 7) is 8.93. The number of hydrogen-bond acceptors (Lipinski definition) is 8. The van der Waals surface area contributed by atoms with Crippen molar-refractivity contribution in [2.45, 2.75) is 52.9 Å². The highest BCUT2D eigenvalue weighted by molar-refractivity contribution is 5.86. The minimum absolute atomic E-state index is 0.0289. The number of esters is 2. The summed E-state index contributed by atoms with van der Waals surface area (Å²) in [5, 5.41) is 20.1. The number of carbonyl (C=O) groups is 3. The molecule has 0 atom stereocenters. The molecule has 10 heteroatoms. The van der Waals surface area contributed by atoms with Gasteiger partial charge in [-0.3, -0.25) is 14.4 Å². The smallest absolute Gasteiger partial charge is 0.325 e. The van der Waals surface area contributed by atoms with E-state index in [2.05, 4.69) is 10.2 Å². The van der Waals surface area contributed by atoms with Crippen molar-refractivity contribution in [3.05, 3.63) is 47.5 Å². The molecule has 1 amide bonds. The lowest BCUT2D eigenvalue weighted by atomic mass is 9.84. The van der Waals surface area contributed by atoms with Gasteiger partial charge in [0.2, 0.25) is 5.91 Å². The first-order valence-corrected chi connectivity index (χ1v) is 12.3. The number of aromatic hydroxyl groups is 1. The maximum atomic E-state index is 13.0. The molecule has 1 heterocycles. The van der Waals surface area contributed by atoms with Crippen LogP contribution in [0, 0.1) is 0 Å². The SMILES string of the molecule is CCOC(=O)CN(CC(=O)OCC)C(=O)CCc1cc(-n2nc3ccccc3n2)c(O)c(C(C)(C)C)c1. The zero-order chi connectivity index (χ0) is 27.2. The predicted molar refractivity (Wildman–Crippen MR) is 137 cm³/mol. The van der Waals surface area contributed by atoms with Crippen LogP contribution in [-0.4, -0.2) is 69.1 Å². The lowest BCUT2D eigenvalue weighted by Gasteiger charge is -2.24. The van der Waals surface area contributed by atoms with Crippen LogP contribution < -0.4 is 0 Å². The molecular formula is C27H34N4O6. The Balaban J connectivity index is 1.89. The maximum Gasteiger partial charge on any atom is 0.325 e. The van der Waals surface area contributed by atoms with Gasteiger partial charge in [-0.2, -0.15) is 0 Å². The number of aryl methyl sites for hydroxylation is 1. The summed E-state index contributed by atoms with van der Waals surface area (Å²) in [5.74, 6) is -1.53. The fourth-order valence-electron chi connectivity index (χ4n) is 3.88. The van der Waals surface area contributed by atoms with Crippen molar-refractivity contribution in [3.8, 4) is 11.4 Å². The number of hydrogen-bond donors (Lipinski definition) is 1. The summed E-state index contributed by atoms with van der Waals surface area (Å²) in [4.78, 5) is 39.6. The molecule has 0 radical (unpaired) electrons. The number of benzene rings is 2. The number of aromatic nitrogens is 3. The molecule has 0 aliphatic carbocycles. The van der Waals surface area contributed by atoms with Crippen molar-refractivity contribution in [1.82, 2.24) is 19.9 Å². The Morgan fingerprint density at radius 1 is 0.946 bits per heavy atom. The summed E-state index contributed by atoms with van der Waals surface area (Å²) in [5.41, 5.74) is 2.84. The molecule has 0 unspecified atom stereocenters. The van der Waals surface area contributed by atoms with Gasteiger partial charge in [-0.15, -0.1) is 15.0 Å². The lowest BCUT2D eigenvalue weighted by molar-refractivity contribution is -0.154. The molecule has 1 N–H and O–H groups in total. The van der Waals surface area contributed by atoms with E-state index in [1.807, 2.05) is 51.1 Å². The largest absolute Gasteiger partial charge is 0.505 e. The Morgan fingerprint density at radius 3 is 1.97 bits per heavy atom. The average molecular weight is 511 g/mol. The normalized spacial score (nSPS) is 11.4. The second-order valence-electron chi connectivity index (χ2n) is 9.60. The van der Waals surface area contributed by atoms with Gasteiger partial charge in [0.1, 0.15) is 35.6 Å². The number of phenolic OH excluding ortho intramolecular Hbond substituents is 1. The first-order valence-electron chi connectivity index (χ1n) is 12.3. The number of phenols is 1. The minimum Gasteiger partial charge on any atom is -0.505 e. The quantitative estimate of drug-likeness (QED) is 0.412. The highest BCUT2D eigenvalue weighted by atomic mass is 16.5. The maximum absolute atomic E-state index is 13.0. The van der Waals surface area contributed by atoms with Gasteiger partial charge in [0, 0.05) is 12.0 Å². The molecule has 3 rings (SSSR count). The second-order valence-corrected chi connectivity index (χ2v) is 9.60. The van der Waals surface area contributed by atoms with Crippen molar-refractivity contribution in [2.24, 2.45) is 0 Å². The van der Waals surface area contributed by atoms with E-state index in [9.17, 15) is 19.5 Å². The third-order valence-corrected chi connectivity index (χ3v) is 5.69. The molecule has 2 aromatic carbocycles. The van der Waals surface area contributed by atoms with Crippen molar-refractivity contribution in [2.75, 3.05) is 26.3 Å². The van der Waals surface area contributed by atoms with Crippen LogP contribution in [0.25, 0.3) is 16.7 Å². The Labute approximate surface area is 216 Å². The second kappa shape index (κ2) is 11.9. The van der Waals surface area contributed by atoms with Crippen LogP contribution in [0.5, 0.6) is 5.75 Å². The molecule has 0 spiro atoms. The van der Waals surface area contributed by atoms with Crippen LogP contribution in [0.15, 0.2) is 36.4 Å². The Kier molecular flexibility index (Phi) is 8.86.